The van der Waals surface area contributed by atoms with Crippen LogP contribution in [0, 0.1) is 17.2 Å². The number of aliphatic hydroxyl groups is 1. The van der Waals surface area contributed by atoms with Crippen molar-refractivity contribution < 1.29 is 5.11 Å². The summed E-state index contributed by atoms with van der Waals surface area (Å²) in [5.41, 5.74) is -0.368. The van der Waals surface area contributed by atoms with E-state index in [1.54, 1.807) is 0 Å². The highest BCUT2D eigenvalue weighted by Gasteiger charge is 2.31. The van der Waals surface area contributed by atoms with Crippen molar-refractivity contribution in [2.45, 2.75) is 44.6 Å². The third kappa shape index (κ3) is 2.97. The molecule has 0 radical (unpaired) electrons. The van der Waals surface area contributed by atoms with Crippen LogP contribution < -0.4 is 5.32 Å². The van der Waals surface area contributed by atoms with Crippen LogP contribution in [0.15, 0.2) is 0 Å². The predicted octanol–water partition coefficient (Wildman–Crippen LogP) is 1.43. The molecule has 0 spiro atoms. The second-order valence-corrected chi connectivity index (χ2v) is 4.38. The van der Waals surface area contributed by atoms with Crippen molar-refractivity contribution in [3.63, 3.8) is 0 Å². The summed E-state index contributed by atoms with van der Waals surface area (Å²) < 4.78 is 0. The summed E-state index contributed by atoms with van der Waals surface area (Å²) in [6, 6.07) is 2.39. The first-order valence-electron chi connectivity index (χ1n) is 5.49. The molecule has 1 aliphatic carbocycles. The summed E-state index contributed by atoms with van der Waals surface area (Å²) in [5, 5.41) is 21.1. The molecule has 2 N–H and O–H groups in total. The lowest BCUT2D eigenvalue weighted by Gasteiger charge is -2.26. The Bertz CT molecular complexity index is 208. The molecule has 0 aromatic heterocycles. The maximum Gasteiger partial charge on any atom is 0.106 e. The molecular formula is C11H20N2O. The lowest BCUT2D eigenvalue weighted by Crippen LogP contribution is -2.44. The Hall–Kier alpha value is -0.590. The Morgan fingerprint density at radius 2 is 2.29 bits per heavy atom. The molecule has 1 aliphatic rings. The van der Waals surface area contributed by atoms with Crippen molar-refractivity contribution in [2.75, 3.05) is 13.2 Å². The van der Waals surface area contributed by atoms with Gasteiger partial charge in [-0.3, -0.25) is 5.32 Å². The third-order valence-corrected chi connectivity index (χ3v) is 3.15. The number of nitrogens with zero attached hydrogens (tertiary/aromatic N) is 1. The normalized spacial score (nSPS) is 33.4. The van der Waals surface area contributed by atoms with Crippen molar-refractivity contribution >= 4 is 0 Å². The van der Waals surface area contributed by atoms with E-state index in [4.69, 9.17) is 5.11 Å². The van der Waals surface area contributed by atoms with Crippen LogP contribution in [0.25, 0.3) is 0 Å². The molecule has 1 fully saturated rings. The number of rotatable bonds is 3. The average molecular weight is 196 g/mol. The minimum Gasteiger partial charge on any atom is -0.395 e. The highest BCUT2D eigenvalue weighted by molar-refractivity contribution is 5.07. The van der Waals surface area contributed by atoms with Gasteiger partial charge in [0.1, 0.15) is 5.54 Å². The lowest BCUT2D eigenvalue weighted by molar-refractivity contribution is 0.262. The van der Waals surface area contributed by atoms with Crippen molar-refractivity contribution in [1.82, 2.24) is 5.32 Å². The van der Waals surface area contributed by atoms with Crippen LogP contribution in [0.3, 0.4) is 0 Å². The first kappa shape index (κ1) is 11.5. The standard InChI is InChI=1S/C11H20N2O/c1-10-3-2-5-11(9-12,6-4-10)13-7-8-14/h10,13-14H,2-8H2,1H3. The van der Waals surface area contributed by atoms with E-state index in [1.165, 1.54) is 6.42 Å². The SMILES string of the molecule is CC1CCCC(C#N)(NCCO)CC1. The molecule has 3 nitrogen and oxygen atoms in total. The van der Waals surface area contributed by atoms with Gasteiger partial charge in [0.05, 0.1) is 12.7 Å². The van der Waals surface area contributed by atoms with Gasteiger partial charge in [-0.2, -0.15) is 5.26 Å². The molecule has 1 saturated carbocycles. The molecular weight excluding hydrogens is 176 g/mol. The molecule has 0 aromatic rings. The van der Waals surface area contributed by atoms with Crippen molar-refractivity contribution in [2.24, 2.45) is 5.92 Å². The fourth-order valence-corrected chi connectivity index (χ4v) is 2.14. The van der Waals surface area contributed by atoms with Gasteiger partial charge >= 0.3 is 0 Å². The van der Waals surface area contributed by atoms with Gasteiger partial charge in [-0.25, -0.2) is 0 Å². The second-order valence-electron chi connectivity index (χ2n) is 4.38. The topological polar surface area (TPSA) is 56.0 Å². The van der Waals surface area contributed by atoms with E-state index in [2.05, 4.69) is 18.3 Å². The average Bonchev–Trinajstić information content (AvgIpc) is 2.39. The van der Waals surface area contributed by atoms with Gasteiger partial charge in [0.2, 0.25) is 0 Å². The van der Waals surface area contributed by atoms with Gasteiger partial charge in [-0.05, 0) is 25.2 Å². The molecule has 14 heavy (non-hydrogen) atoms. The molecule has 2 atom stereocenters. The van der Waals surface area contributed by atoms with Crippen LogP contribution >= 0.6 is 0 Å². The monoisotopic (exact) mass is 196 g/mol. The second kappa shape index (κ2) is 5.33. The minimum absolute atomic E-state index is 0.110. The molecule has 1 rings (SSSR count). The summed E-state index contributed by atoms with van der Waals surface area (Å²) in [7, 11) is 0. The fraction of sp³-hybridized carbons (Fsp3) is 0.909. The zero-order valence-corrected chi connectivity index (χ0v) is 8.92. The van der Waals surface area contributed by atoms with Crippen LogP contribution in [0.4, 0.5) is 0 Å². The van der Waals surface area contributed by atoms with Crippen LogP contribution in [-0.2, 0) is 0 Å². The van der Waals surface area contributed by atoms with Gasteiger partial charge in [-0.15, -0.1) is 0 Å². The first-order chi connectivity index (χ1) is 6.72. The molecule has 0 aromatic carbocycles. The van der Waals surface area contributed by atoms with E-state index in [1.807, 2.05) is 0 Å². The summed E-state index contributed by atoms with van der Waals surface area (Å²) >= 11 is 0. The fourth-order valence-electron chi connectivity index (χ4n) is 2.14. The molecule has 80 valence electrons. The smallest absolute Gasteiger partial charge is 0.106 e. The van der Waals surface area contributed by atoms with Gasteiger partial charge in [0.15, 0.2) is 0 Å². The highest BCUT2D eigenvalue weighted by Crippen LogP contribution is 2.29. The minimum atomic E-state index is -0.368. The number of hydrogen-bond acceptors (Lipinski definition) is 3. The molecule has 0 heterocycles. The Morgan fingerprint density at radius 1 is 1.50 bits per heavy atom. The van der Waals surface area contributed by atoms with Gasteiger partial charge in [-0.1, -0.05) is 19.8 Å². The first-order valence-corrected chi connectivity index (χ1v) is 5.49. The largest absolute Gasteiger partial charge is 0.395 e. The number of nitriles is 1. The zero-order chi connectivity index (χ0) is 10.4. The predicted molar refractivity (Wildman–Crippen MR) is 55.7 cm³/mol. The number of aliphatic hydroxyl groups excluding tert-OH is 1. The van der Waals surface area contributed by atoms with Crippen LogP contribution in [-0.4, -0.2) is 23.8 Å². The molecule has 0 aliphatic heterocycles. The van der Waals surface area contributed by atoms with Crippen molar-refractivity contribution in [3.05, 3.63) is 0 Å². The maximum absolute atomic E-state index is 9.19. The summed E-state index contributed by atoms with van der Waals surface area (Å²) in [5.74, 6) is 0.737. The molecule has 3 heteroatoms. The molecule has 2 unspecified atom stereocenters. The van der Waals surface area contributed by atoms with E-state index >= 15 is 0 Å². The quantitative estimate of drug-likeness (QED) is 0.671. The van der Waals surface area contributed by atoms with Gasteiger partial charge < -0.3 is 5.11 Å². The molecule has 0 saturated heterocycles. The Labute approximate surface area is 86.1 Å². The van der Waals surface area contributed by atoms with E-state index < -0.39 is 0 Å². The van der Waals surface area contributed by atoms with Gasteiger partial charge in [0, 0.05) is 6.54 Å². The van der Waals surface area contributed by atoms with E-state index in [0.717, 1.165) is 31.6 Å². The summed E-state index contributed by atoms with van der Waals surface area (Å²) in [6.07, 6.45) is 5.31. The Morgan fingerprint density at radius 3 is 2.93 bits per heavy atom. The Kier molecular flexibility index (Phi) is 4.37. The number of hydrogen-bond donors (Lipinski definition) is 2. The molecule has 0 amide bonds. The van der Waals surface area contributed by atoms with E-state index in [0.29, 0.717) is 6.54 Å². The van der Waals surface area contributed by atoms with E-state index in [-0.39, 0.29) is 12.1 Å². The van der Waals surface area contributed by atoms with Crippen molar-refractivity contribution in [1.29, 1.82) is 5.26 Å². The molecule has 0 bridgehead atoms. The number of nitrogens with one attached hydrogen (secondary N) is 1. The summed E-state index contributed by atoms with van der Waals surface area (Å²) in [4.78, 5) is 0. The van der Waals surface area contributed by atoms with E-state index in [9.17, 15) is 5.26 Å². The van der Waals surface area contributed by atoms with Crippen LogP contribution in [0.5, 0.6) is 0 Å². The maximum atomic E-state index is 9.19. The van der Waals surface area contributed by atoms with Crippen molar-refractivity contribution in [3.8, 4) is 6.07 Å². The van der Waals surface area contributed by atoms with Gasteiger partial charge in [0.25, 0.3) is 0 Å². The zero-order valence-electron chi connectivity index (χ0n) is 8.92. The number of β-amino-alcohol motifs (C(OH)–C–C–N with tert-alkyl or cyclic N) is 1. The highest BCUT2D eigenvalue weighted by atomic mass is 16.3. The lowest BCUT2D eigenvalue weighted by atomic mass is 9.91. The van der Waals surface area contributed by atoms with Crippen LogP contribution in [0.1, 0.15) is 39.0 Å². The van der Waals surface area contributed by atoms with Crippen LogP contribution in [0.2, 0.25) is 0 Å². The summed E-state index contributed by atoms with van der Waals surface area (Å²) in [6.45, 7) is 2.89. The third-order valence-electron chi connectivity index (χ3n) is 3.15. The Balaban J connectivity index is 2.54.